The molecule has 0 aliphatic rings. The van der Waals surface area contributed by atoms with E-state index < -0.39 is 21.6 Å². The Morgan fingerprint density at radius 3 is 2.47 bits per heavy atom. The van der Waals surface area contributed by atoms with Crippen LogP contribution < -0.4 is 9.47 Å². The van der Waals surface area contributed by atoms with Gasteiger partial charge < -0.3 is 10.0 Å². The molecule has 0 radical (unpaired) electrons. The van der Waals surface area contributed by atoms with Crippen LogP contribution in [0.3, 0.4) is 0 Å². The maximum Gasteiger partial charge on any atom is 0.371 e. The van der Waals surface area contributed by atoms with E-state index in [1.807, 2.05) is 24.9 Å². The van der Waals surface area contributed by atoms with E-state index in [-0.39, 0.29) is 26.4 Å². The Hall–Kier alpha value is -3.16. The van der Waals surface area contributed by atoms with Crippen LogP contribution in [-0.2, 0) is 14.8 Å². The molecular formula is C20H19ClN5O4S2+. The number of benzene rings is 1. The molecule has 2 rings (SSSR count). The minimum absolute atomic E-state index is 0.108. The van der Waals surface area contributed by atoms with Crippen LogP contribution in [-0.4, -0.2) is 51.0 Å². The lowest BCUT2D eigenvalue weighted by molar-refractivity contribution is -0.554. The summed E-state index contributed by atoms with van der Waals surface area (Å²) in [5.41, 5.74) is 0.871. The van der Waals surface area contributed by atoms with Gasteiger partial charge in [0, 0.05) is 47.7 Å². The summed E-state index contributed by atoms with van der Waals surface area (Å²) in [6.07, 6.45) is 3.01. The van der Waals surface area contributed by atoms with E-state index in [0.29, 0.717) is 5.56 Å². The molecule has 0 amide bonds. The largest absolute Gasteiger partial charge is 0.481 e. The summed E-state index contributed by atoms with van der Waals surface area (Å²) < 4.78 is 31.6. The number of pyridine rings is 1. The predicted octanol–water partition coefficient (Wildman–Crippen LogP) is 2.51. The second-order valence-corrected chi connectivity index (χ2v) is 9.59. The van der Waals surface area contributed by atoms with Crippen molar-refractivity contribution in [1.29, 1.82) is 10.7 Å². The van der Waals surface area contributed by atoms with Crippen molar-refractivity contribution >= 4 is 56.7 Å². The number of carbonyl (C=O) groups is 1. The SMILES string of the molecule is Cc1cc(S(=O)(=O)/N=C(\C(=C=N)C#N)[n+]2ccc(N(C)C)cc2)c(SCC(=O)O)cc1Cl. The van der Waals surface area contributed by atoms with E-state index in [4.69, 9.17) is 22.1 Å². The number of hydrogen-bond donors (Lipinski definition) is 2. The third-order valence-corrected chi connectivity index (χ3v) is 6.98. The van der Waals surface area contributed by atoms with Crippen LogP contribution in [0.25, 0.3) is 0 Å². The van der Waals surface area contributed by atoms with Gasteiger partial charge in [-0.05, 0) is 24.6 Å². The van der Waals surface area contributed by atoms with E-state index in [1.54, 1.807) is 25.1 Å². The molecule has 9 nitrogen and oxygen atoms in total. The molecule has 2 aromatic rings. The summed E-state index contributed by atoms with van der Waals surface area (Å²) in [6.45, 7) is 1.60. The molecule has 1 aromatic heterocycles. The third kappa shape index (κ3) is 5.96. The molecule has 1 heterocycles. The zero-order chi connectivity index (χ0) is 24.1. The van der Waals surface area contributed by atoms with Gasteiger partial charge in [0.15, 0.2) is 0 Å². The Morgan fingerprint density at radius 1 is 1.34 bits per heavy atom. The molecule has 0 saturated carbocycles. The quantitative estimate of drug-likeness (QED) is 0.199. The van der Waals surface area contributed by atoms with Gasteiger partial charge in [-0.15, -0.1) is 11.8 Å². The molecule has 12 heteroatoms. The molecule has 0 fully saturated rings. The Kier molecular flexibility index (Phi) is 8.19. The molecule has 166 valence electrons. The van der Waals surface area contributed by atoms with Crippen LogP contribution in [0.1, 0.15) is 5.56 Å². The van der Waals surface area contributed by atoms with Gasteiger partial charge in [0.25, 0.3) is 0 Å². The number of thioether (sulfide) groups is 1. The van der Waals surface area contributed by atoms with Crippen molar-refractivity contribution in [3.8, 4) is 6.07 Å². The number of aliphatic carboxylic acids is 1. The van der Waals surface area contributed by atoms with E-state index >= 15 is 0 Å². The highest BCUT2D eigenvalue weighted by molar-refractivity contribution is 8.00. The summed E-state index contributed by atoms with van der Waals surface area (Å²) in [7, 11) is -0.768. The Balaban J connectivity index is 2.71. The lowest BCUT2D eigenvalue weighted by atomic mass is 10.2. The smallest absolute Gasteiger partial charge is 0.371 e. The van der Waals surface area contributed by atoms with Gasteiger partial charge in [0.1, 0.15) is 11.0 Å². The third-order valence-electron chi connectivity index (χ3n) is 4.09. The van der Waals surface area contributed by atoms with E-state index in [2.05, 4.69) is 4.40 Å². The predicted molar refractivity (Wildman–Crippen MR) is 122 cm³/mol. The Labute approximate surface area is 194 Å². The molecular weight excluding hydrogens is 474 g/mol. The number of anilines is 1. The number of halogens is 1. The van der Waals surface area contributed by atoms with Crippen LogP contribution in [0.4, 0.5) is 5.69 Å². The minimum Gasteiger partial charge on any atom is -0.481 e. The Morgan fingerprint density at radius 2 is 1.97 bits per heavy atom. The number of carboxylic acid groups (broad SMARTS) is 1. The topological polar surface area (TPSA) is 139 Å². The highest BCUT2D eigenvalue weighted by atomic mass is 35.5. The number of nitrogens with one attached hydrogen (secondary N) is 1. The normalized spacial score (nSPS) is 11.4. The highest BCUT2D eigenvalue weighted by Crippen LogP contribution is 2.33. The fraction of sp³-hybridized carbons (Fsp3) is 0.200. The van der Waals surface area contributed by atoms with Crippen LogP contribution in [0.15, 0.2) is 56.4 Å². The molecule has 1 aromatic carbocycles. The average molecular weight is 493 g/mol. The first-order valence-electron chi connectivity index (χ1n) is 8.89. The first kappa shape index (κ1) is 25.1. The van der Waals surface area contributed by atoms with Gasteiger partial charge in [-0.1, -0.05) is 11.6 Å². The van der Waals surface area contributed by atoms with Gasteiger partial charge in [-0.25, -0.2) is 4.57 Å². The molecule has 0 atom stereocenters. The van der Waals surface area contributed by atoms with Crippen molar-refractivity contribution in [3.05, 3.63) is 52.8 Å². The van der Waals surface area contributed by atoms with Crippen molar-refractivity contribution in [2.45, 2.75) is 16.7 Å². The molecule has 0 aliphatic heterocycles. The molecule has 0 unspecified atom stereocenters. The first-order valence-corrected chi connectivity index (χ1v) is 11.7. The maximum absolute atomic E-state index is 13.2. The molecule has 0 bridgehead atoms. The van der Waals surface area contributed by atoms with Gasteiger partial charge in [-0.3, -0.25) is 10.2 Å². The number of aryl methyl sites for hydroxylation is 1. The summed E-state index contributed by atoms with van der Waals surface area (Å²) in [5.74, 6) is 0.0714. The van der Waals surface area contributed by atoms with Crippen molar-refractivity contribution in [1.82, 2.24) is 0 Å². The van der Waals surface area contributed by atoms with Crippen LogP contribution in [0.2, 0.25) is 5.02 Å². The maximum atomic E-state index is 13.2. The molecule has 2 N–H and O–H groups in total. The van der Waals surface area contributed by atoms with Crippen molar-refractivity contribution < 1.29 is 22.9 Å². The standard InChI is InChI=1S/C20H18ClN5O4S2/c1-13-8-18(17(9-16(13)21)31-12-19(27)28)32(29,30)24-20(14(10-22)11-23)26-6-4-15(5-7-26)25(2)3/h4-9,22H,12H2,1-3H3/p+1/b24-20+. The van der Waals surface area contributed by atoms with Gasteiger partial charge >= 0.3 is 21.8 Å². The number of aromatic nitrogens is 1. The number of sulfonamides is 1. The summed E-state index contributed by atoms with van der Waals surface area (Å²) in [5, 5.41) is 26.0. The average Bonchev–Trinajstić information content (AvgIpc) is 2.74. The number of nitriles is 1. The summed E-state index contributed by atoms with van der Waals surface area (Å²) in [4.78, 5) is 12.7. The fourth-order valence-electron chi connectivity index (χ4n) is 2.47. The van der Waals surface area contributed by atoms with Crippen LogP contribution in [0, 0.1) is 23.7 Å². The number of hydrogen-bond acceptors (Lipinski definition) is 7. The van der Waals surface area contributed by atoms with Crippen LogP contribution in [0.5, 0.6) is 0 Å². The zero-order valence-corrected chi connectivity index (χ0v) is 19.7. The highest BCUT2D eigenvalue weighted by Gasteiger charge is 2.30. The first-order chi connectivity index (χ1) is 15.0. The molecule has 32 heavy (non-hydrogen) atoms. The number of allylic oxidation sites excluding steroid dienone is 1. The lowest BCUT2D eigenvalue weighted by Gasteiger charge is -2.11. The van der Waals surface area contributed by atoms with Crippen molar-refractivity contribution in [3.63, 3.8) is 0 Å². The van der Waals surface area contributed by atoms with Gasteiger partial charge in [-0.2, -0.15) is 13.7 Å². The lowest BCUT2D eigenvalue weighted by Crippen LogP contribution is -2.44. The molecule has 0 saturated heterocycles. The summed E-state index contributed by atoms with van der Waals surface area (Å²) in [6, 6.07) is 7.75. The minimum atomic E-state index is -4.43. The molecule has 0 spiro atoms. The number of carboxylic acids is 1. The van der Waals surface area contributed by atoms with Gasteiger partial charge in [0.2, 0.25) is 5.57 Å². The van der Waals surface area contributed by atoms with E-state index in [1.165, 1.54) is 29.1 Å². The second-order valence-electron chi connectivity index (χ2n) is 6.59. The number of nitrogens with zero attached hydrogens (tertiary/aromatic N) is 4. The molecule has 0 aliphatic carbocycles. The number of rotatable bonds is 7. The fourth-order valence-corrected chi connectivity index (χ4v) is 5.02. The van der Waals surface area contributed by atoms with E-state index in [0.717, 1.165) is 17.4 Å². The van der Waals surface area contributed by atoms with Crippen molar-refractivity contribution in [2.75, 3.05) is 24.7 Å². The van der Waals surface area contributed by atoms with Crippen LogP contribution >= 0.6 is 23.4 Å². The summed E-state index contributed by atoms with van der Waals surface area (Å²) >= 11 is 6.89. The monoisotopic (exact) mass is 492 g/mol. The Bertz CT molecular complexity index is 1280. The van der Waals surface area contributed by atoms with Gasteiger partial charge in [0.05, 0.1) is 22.5 Å². The zero-order valence-electron chi connectivity index (χ0n) is 17.3. The van der Waals surface area contributed by atoms with E-state index in [9.17, 15) is 18.5 Å². The van der Waals surface area contributed by atoms with Crippen molar-refractivity contribution in [2.24, 2.45) is 4.40 Å². The second kappa shape index (κ2) is 10.4.